The molecule has 0 atom stereocenters. The van der Waals surface area contributed by atoms with E-state index in [1.165, 1.54) is 16.7 Å². The first-order valence-corrected chi connectivity index (χ1v) is 9.34. The predicted octanol–water partition coefficient (Wildman–Crippen LogP) is 1.83. The van der Waals surface area contributed by atoms with E-state index in [1.54, 1.807) is 24.3 Å². The van der Waals surface area contributed by atoms with Crippen molar-refractivity contribution in [3.8, 4) is 0 Å². The van der Waals surface area contributed by atoms with Crippen molar-refractivity contribution >= 4 is 35.2 Å². The van der Waals surface area contributed by atoms with Gasteiger partial charge >= 0.3 is 0 Å². The van der Waals surface area contributed by atoms with Crippen molar-refractivity contribution in [3.63, 3.8) is 0 Å². The lowest BCUT2D eigenvalue weighted by molar-refractivity contribution is -0.130. The van der Waals surface area contributed by atoms with Gasteiger partial charge in [-0.25, -0.2) is 0 Å². The molecule has 1 aromatic carbocycles. The van der Waals surface area contributed by atoms with Crippen LogP contribution in [0.15, 0.2) is 24.3 Å². The molecule has 0 unspecified atom stereocenters. The number of hydrogen-bond donors (Lipinski definition) is 2. The first-order valence-electron chi connectivity index (χ1n) is 8.19. The molecule has 2 N–H and O–H groups in total. The van der Waals surface area contributed by atoms with Crippen molar-refractivity contribution < 1.29 is 14.4 Å². The van der Waals surface area contributed by atoms with Gasteiger partial charge in [-0.1, -0.05) is 25.0 Å². The Bertz CT molecular complexity index is 644. The highest BCUT2D eigenvalue weighted by atomic mass is 32.2. The lowest BCUT2D eigenvalue weighted by atomic mass is 10.1. The molecule has 1 aliphatic heterocycles. The van der Waals surface area contributed by atoms with Crippen LogP contribution in [-0.4, -0.2) is 46.8 Å². The Morgan fingerprint density at radius 3 is 2.67 bits per heavy atom. The number of anilines is 1. The second kappa shape index (κ2) is 7.70. The molecular weight excluding hydrogens is 326 g/mol. The van der Waals surface area contributed by atoms with E-state index >= 15 is 0 Å². The van der Waals surface area contributed by atoms with Gasteiger partial charge < -0.3 is 15.5 Å². The summed E-state index contributed by atoms with van der Waals surface area (Å²) in [6.45, 7) is 0.0183. The Balaban J connectivity index is 1.63. The maximum Gasteiger partial charge on any atom is 0.253 e. The number of nitrogens with zero attached hydrogens (tertiary/aromatic N) is 1. The van der Waals surface area contributed by atoms with Gasteiger partial charge in [0.05, 0.1) is 22.9 Å². The van der Waals surface area contributed by atoms with Gasteiger partial charge in [-0.3, -0.25) is 14.4 Å². The van der Waals surface area contributed by atoms with Crippen LogP contribution in [0.3, 0.4) is 0 Å². The van der Waals surface area contributed by atoms with Crippen LogP contribution in [0.4, 0.5) is 5.69 Å². The van der Waals surface area contributed by atoms with Crippen LogP contribution in [0.1, 0.15) is 36.0 Å². The van der Waals surface area contributed by atoms with Crippen LogP contribution in [0.2, 0.25) is 0 Å². The van der Waals surface area contributed by atoms with E-state index in [9.17, 15) is 14.4 Å². The first kappa shape index (κ1) is 16.8. The number of nitrogens with one attached hydrogen (secondary N) is 2. The highest BCUT2D eigenvalue weighted by Gasteiger charge is 2.24. The summed E-state index contributed by atoms with van der Waals surface area (Å²) < 4.78 is 0. The van der Waals surface area contributed by atoms with Crippen molar-refractivity contribution in [1.29, 1.82) is 0 Å². The van der Waals surface area contributed by atoms with Crippen molar-refractivity contribution in [3.05, 3.63) is 29.8 Å². The summed E-state index contributed by atoms with van der Waals surface area (Å²) in [6, 6.07) is 7.19. The van der Waals surface area contributed by atoms with Crippen molar-refractivity contribution in [2.75, 3.05) is 23.5 Å². The van der Waals surface area contributed by atoms with Crippen molar-refractivity contribution in [2.45, 2.75) is 31.7 Å². The molecule has 2 aliphatic rings. The zero-order valence-corrected chi connectivity index (χ0v) is 14.2. The number of thioether (sulfide) groups is 1. The third-order valence-electron chi connectivity index (χ3n) is 4.30. The minimum Gasteiger partial charge on any atom is -0.349 e. The summed E-state index contributed by atoms with van der Waals surface area (Å²) in [5.74, 6) is 0.490. The Labute approximate surface area is 145 Å². The Hall–Kier alpha value is -2.02. The molecule has 1 heterocycles. The minimum atomic E-state index is -0.285. The number of carbonyl (C=O) groups is 3. The minimum absolute atomic E-state index is 0.0183. The van der Waals surface area contributed by atoms with E-state index in [4.69, 9.17) is 0 Å². The second-order valence-corrected chi connectivity index (χ2v) is 7.07. The van der Waals surface area contributed by atoms with Gasteiger partial charge in [-0.05, 0) is 25.0 Å². The van der Waals surface area contributed by atoms with Crippen LogP contribution in [-0.2, 0) is 9.59 Å². The van der Waals surface area contributed by atoms with Crippen LogP contribution in [0, 0.1) is 0 Å². The standard InChI is InChI=1S/C17H21N3O3S/c21-15(9-20-11-24-10-16(20)22)19-14-8-4-3-7-13(14)17(23)18-12-5-1-2-6-12/h3-4,7-8,12H,1-2,5-6,9-11H2,(H,18,23)(H,19,21). The largest absolute Gasteiger partial charge is 0.349 e. The van der Waals surface area contributed by atoms with Crippen LogP contribution >= 0.6 is 11.8 Å². The number of carbonyl (C=O) groups excluding carboxylic acids is 3. The van der Waals surface area contributed by atoms with Crippen LogP contribution in [0.5, 0.6) is 0 Å². The van der Waals surface area contributed by atoms with E-state index in [1.807, 2.05) is 0 Å². The summed E-state index contributed by atoms with van der Waals surface area (Å²) >= 11 is 1.50. The zero-order chi connectivity index (χ0) is 16.9. The fourth-order valence-corrected chi connectivity index (χ4v) is 3.93. The molecule has 3 rings (SSSR count). The smallest absolute Gasteiger partial charge is 0.253 e. The molecular formula is C17H21N3O3S. The van der Waals surface area contributed by atoms with Gasteiger partial charge in [0.2, 0.25) is 11.8 Å². The molecule has 0 aromatic heterocycles. The number of para-hydroxylation sites is 1. The molecule has 1 saturated heterocycles. The normalized spacial score (nSPS) is 18.0. The van der Waals surface area contributed by atoms with E-state index < -0.39 is 0 Å². The Kier molecular flexibility index (Phi) is 5.40. The maximum absolute atomic E-state index is 12.5. The van der Waals surface area contributed by atoms with Crippen LogP contribution < -0.4 is 10.6 Å². The molecule has 3 amide bonds. The number of amides is 3. The summed E-state index contributed by atoms with van der Waals surface area (Å²) in [5, 5.41) is 5.79. The highest BCUT2D eigenvalue weighted by Crippen LogP contribution is 2.21. The fourth-order valence-electron chi connectivity index (χ4n) is 3.03. The third-order valence-corrected chi connectivity index (χ3v) is 5.24. The average molecular weight is 347 g/mol. The first-order chi connectivity index (χ1) is 11.6. The molecule has 1 aliphatic carbocycles. The number of benzene rings is 1. The van der Waals surface area contributed by atoms with Crippen molar-refractivity contribution in [1.82, 2.24) is 10.2 Å². The topological polar surface area (TPSA) is 78.5 Å². The molecule has 0 radical (unpaired) electrons. The van der Waals surface area contributed by atoms with Gasteiger partial charge in [0.15, 0.2) is 0 Å². The third kappa shape index (κ3) is 4.08. The van der Waals surface area contributed by atoms with E-state index in [-0.39, 0.29) is 30.3 Å². The quantitative estimate of drug-likeness (QED) is 0.852. The second-order valence-electron chi connectivity index (χ2n) is 6.12. The summed E-state index contributed by atoms with van der Waals surface area (Å²) in [6.07, 6.45) is 4.31. The molecule has 6 nitrogen and oxygen atoms in total. The molecule has 1 aromatic rings. The number of hydrogen-bond acceptors (Lipinski definition) is 4. The Morgan fingerprint density at radius 2 is 1.96 bits per heavy atom. The lowest BCUT2D eigenvalue weighted by Crippen LogP contribution is -2.36. The highest BCUT2D eigenvalue weighted by molar-refractivity contribution is 8.00. The fraction of sp³-hybridized carbons (Fsp3) is 0.471. The van der Waals surface area contributed by atoms with Gasteiger partial charge in [0, 0.05) is 6.04 Å². The van der Waals surface area contributed by atoms with E-state index in [0.29, 0.717) is 22.9 Å². The van der Waals surface area contributed by atoms with Gasteiger partial charge in [0.25, 0.3) is 5.91 Å². The summed E-state index contributed by atoms with van der Waals surface area (Å²) in [4.78, 5) is 37.8. The van der Waals surface area contributed by atoms with E-state index in [0.717, 1.165) is 25.7 Å². The molecule has 128 valence electrons. The average Bonchev–Trinajstić information content (AvgIpc) is 3.20. The molecule has 2 fully saturated rings. The molecule has 0 bridgehead atoms. The molecule has 0 spiro atoms. The SMILES string of the molecule is O=C(CN1CSCC1=O)Nc1ccccc1C(=O)NC1CCCC1. The zero-order valence-electron chi connectivity index (χ0n) is 13.4. The monoisotopic (exact) mass is 347 g/mol. The maximum atomic E-state index is 12.5. The molecule has 7 heteroatoms. The predicted molar refractivity (Wildman–Crippen MR) is 93.8 cm³/mol. The molecule has 24 heavy (non-hydrogen) atoms. The number of rotatable bonds is 5. The lowest BCUT2D eigenvalue weighted by Gasteiger charge is -2.17. The summed E-state index contributed by atoms with van der Waals surface area (Å²) in [7, 11) is 0. The molecule has 1 saturated carbocycles. The Morgan fingerprint density at radius 1 is 1.21 bits per heavy atom. The van der Waals surface area contributed by atoms with Gasteiger partial charge in [-0.15, -0.1) is 11.8 Å². The van der Waals surface area contributed by atoms with Crippen molar-refractivity contribution in [2.24, 2.45) is 0 Å². The van der Waals surface area contributed by atoms with E-state index in [2.05, 4.69) is 10.6 Å². The van der Waals surface area contributed by atoms with Gasteiger partial charge in [-0.2, -0.15) is 0 Å². The van der Waals surface area contributed by atoms with Crippen LogP contribution in [0.25, 0.3) is 0 Å². The summed E-state index contributed by atoms with van der Waals surface area (Å²) in [5.41, 5.74) is 0.942. The van der Waals surface area contributed by atoms with Gasteiger partial charge in [0.1, 0.15) is 6.54 Å².